The number of hydrogen-bond acceptors (Lipinski definition) is 4. The minimum atomic E-state index is -0.302. The number of nitrogens with zero attached hydrogens (tertiary/aromatic N) is 2. The number of anilines is 1. The number of fused-ring (bicyclic) bond motifs is 1. The monoisotopic (exact) mass is 298 g/mol. The molecule has 0 aliphatic carbocycles. The number of carbonyl (C=O) groups excluding carboxylic acids is 1. The predicted molar refractivity (Wildman–Crippen MR) is 88.3 cm³/mol. The molecule has 0 atom stereocenters. The fourth-order valence-electron chi connectivity index (χ4n) is 3.87. The van der Waals surface area contributed by atoms with Gasteiger partial charge in [-0.15, -0.1) is 0 Å². The lowest BCUT2D eigenvalue weighted by Gasteiger charge is -2.53. The molecule has 4 heteroatoms. The van der Waals surface area contributed by atoms with Gasteiger partial charge in [0, 0.05) is 29.3 Å². The Hall–Kier alpha value is -2.10. The van der Waals surface area contributed by atoms with Gasteiger partial charge in [0.05, 0.1) is 0 Å². The number of phenols is 1. The number of piperidine rings is 1. The Morgan fingerprint density at radius 1 is 1.05 bits per heavy atom. The maximum absolute atomic E-state index is 12.1. The van der Waals surface area contributed by atoms with Crippen LogP contribution in [0.4, 0.5) is 5.82 Å². The van der Waals surface area contributed by atoms with Crippen LogP contribution < -0.4 is 4.90 Å². The minimum Gasteiger partial charge on any atom is -0.506 e. The van der Waals surface area contributed by atoms with E-state index in [1.54, 1.807) is 6.07 Å². The fraction of sp³-hybridized carbons (Fsp3) is 0.444. The summed E-state index contributed by atoms with van der Waals surface area (Å²) in [5.74, 6) is 1.27. The lowest BCUT2D eigenvalue weighted by Crippen LogP contribution is -2.61. The van der Waals surface area contributed by atoms with Crippen molar-refractivity contribution in [3.8, 4) is 5.75 Å². The molecule has 1 N–H and O–H groups in total. The average Bonchev–Trinajstić information content (AvgIpc) is 2.36. The summed E-state index contributed by atoms with van der Waals surface area (Å²) in [5.41, 5.74) is -0.00289. The van der Waals surface area contributed by atoms with Gasteiger partial charge in [-0.1, -0.05) is 12.1 Å². The van der Waals surface area contributed by atoms with E-state index in [0.717, 1.165) is 11.2 Å². The van der Waals surface area contributed by atoms with Gasteiger partial charge in [0.2, 0.25) is 0 Å². The summed E-state index contributed by atoms with van der Waals surface area (Å²) in [7, 11) is 0. The topological polar surface area (TPSA) is 53.4 Å². The van der Waals surface area contributed by atoms with Crippen molar-refractivity contribution in [1.29, 1.82) is 0 Å². The lowest BCUT2D eigenvalue weighted by atomic mass is 9.79. The molecule has 116 valence electrons. The van der Waals surface area contributed by atoms with Crippen molar-refractivity contribution in [2.45, 2.75) is 51.6 Å². The van der Waals surface area contributed by atoms with E-state index < -0.39 is 0 Å². The molecular weight excluding hydrogens is 276 g/mol. The number of benzene rings is 1. The van der Waals surface area contributed by atoms with Crippen LogP contribution in [0.5, 0.6) is 5.75 Å². The number of ketones is 1. The largest absolute Gasteiger partial charge is 0.506 e. The van der Waals surface area contributed by atoms with E-state index in [4.69, 9.17) is 0 Å². The van der Waals surface area contributed by atoms with Gasteiger partial charge in [0.25, 0.3) is 0 Å². The van der Waals surface area contributed by atoms with Crippen LogP contribution in [-0.4, -0.2) is 27.0 Å². The summed E-state index contributed by atoms with van der Waals surface area (Å²) in [5, 5.41) is 11.0. The number of hydrogen-bond donors (Lipinski definition) is 1. The number of carbonyl (C=O) groups is 1. The van der Waals surface area contributed by atoms with Crippen LogP contribution in [0.1, 0.15) is 40.5 Å². The van der Waals surface area contributed by atoms with Crippen molar-refractivity contribution < 1.29 is 9.90 Å². The first-order chi connectivity index (χ1) is 10.2. The number of aromatic hydroxyl groups is 1. The summed E-state index contributed by atoms with van der Waals surface area (Å²) in [6, 6.07) is 9.34. The third kappa shape index (κ3) is 2.32. The first-order valence-electron chi connectivity index (χ1n) is 7.61. The normalized spacial score (nSPS) is 20.4. The molecule has 0 bridgehead atoms. The first-order valence-corrected chi connectivity index (χ1v) is 7.61. The van der Waals surface area contributed by atoms with Crippen LogP contribution in [0.15, 0.2) is 30.3 Å². The van der Waals surface area contributed by atoms with Crippen molar-refractivity contribution in [2.24, 2.45) is 0 Å². The minimum absolute atomic E-state index is 0.183. The Bertz CT molecular complexity index is 730. The third-order valence-corrected chi connectivity index (χ3v) is 4.38. The molecule has 2 heterocycles. The molecule has 3 rings (SSSR count). The Morgan fingerprint density at radius 2 is 1.68 bits per heavy atom. The second-order valence-electron chi connectivity index (χ2n) is 7.37. The zero-order valence-corrected chi connectivity index (χ0v) is 13.6. The maximum Gasteiger partial charge on any atom is 0.141 e. The van der Waals surface area contributed by atoms with Gasteiger partial charge in [-0.25, -0.2) is 4.98 Å². The fourth-order valence-corrected chi connectivity index (χ4v) is 3.87. The summed E-state index contributed by atoms with van der Waals surface area (Å²) in [6.45, 7) is 8.29. The Morgan fingerprint density at radius 3 is 2.32 bits per heavy atom. The number of Topliss-reactive ketones (excluding diaryl/α,β-unsaturated/α-hetero) is 1. The zero-order chi connectivity index (χ0) is 16.1. The quantitative estimate of drug-likeness (QED) is 0.873. The molecule has 1 aliphatic rings. The van der Waals surface area contributed by atoms with E-state index in [1.165, 1.54) is 0 Å². The van der Waals surface area contributed by atoms with Crippen LogP contribution in [0.25, 0.3) is 10.9 Å². The predicted octanol–water partition coefficient (Wildman–Crippen LogP) is 3.67. The summed E-state index contributed by atoms with van der Waals surface area (Å²) in [6.07, 6.45) is 1.02. The van der Waals surface area contributed by atoms with E-state index >= 15 is 0 Å². The van der Waals surface area contributed by atoms with Crippen LogP contribution >= 0.6 is 0 Å². The van der Waals surface area contributed by atoms with Gasteiger partial charge >= 0.3 is 0 Å². The molecule has 1 aromatic carbocycles. The molecule has 1 saturated heterocycles. The zero-order valence-electron chi connectivity index (χ0n) is 13.6. The van der Waals surface area contributed by atoms with Crippen molar-refractivity contribution in [3.05, 3.63) is 30.3 Å². The number of para-hydroxylation sites is 1. The summed E-state index contributed by atoms with van der Waals surface area (Å²) < 4.78 is 0. The van der Waals surface area contributed by atoms with Crippen molar-refractivity contribution in [1.82, 2.24) is 4.98 Å². The van der Waals surface area contributed by atoms with Gasteiger partial charge in [-0.05, 0) is 45.9 Å². The number of rotatable bonds is 1. The van der Waals surface area contributed by atoms with E-state index in [-0.39, 0.29) is 22.6 Å². The van der Waals surface area contributed by atoms with Crippen LogP contribution in [0, 0.1) is 0 Å². The van der Waals surface area contributed by atoms with Gasteiger partial charge in [0.1, 0.15) is 22.9 Å². The van der Waals surface area contributed by atoms with E-state index in [2.05, 4.69) is 37.6 Å². The van der Waals surface area contributed by atoms with Crippen molar-refractivity contribution >= 4 is 22.5 Å². The van der Waals surface area contributed by atoms with Gasteiger partial charge in [-0.2, -0.15) is 0 Å². The smallest absolute Gasteiger partial charge is 0.141 e. The van der Waals surface area contributed by atoms with Crippen molar-refractivity contribution in [3.63, 3.8) is 0 Å². The van der Waals surface area contributed by atoms with Crippen molar-refractivity contribution in [2.75, 3.05) is 4.90 Å². The lowest BCUT2D eigenvalue weighted by molar-refractivity contribution is -0.123. The summed E-state index contributed by atoms with van der Waals surface area (Å²) in [4.78, 5) is 18.9. The average molecular weight is 298 g/mol. The van der Waals surface area contributed by atoms with E-state index in [1.807, 2.05) is 24.3 Å². The van der Waals surface area contributed by atoms with Gasteiger partial charge in [0.15, 0.2) is 0 Å². The highest BCUT2D eigenvalue weighted by atomic mass is 16.3. The van der Waals surface area contributed by atoms with E-state index in [0.29, 0.717) is 18.4 Å². The Balaban J connectivity index is 2.16. The molecular formula is C18H22N2O2. The molecule has 1 fully saturated rings. The Kier molecular flexibility index (Phi) is 3.17. The van der Waals surface area contributed by atoms with Gasteiger partial charge in [-0.3, -0.25) is 4.79 Å². The molecule has 1 aromatic heterocycles. The molecule has 0 amide bonds. The highest BCUT2D eigenvalue weighted by Crippen LogP contribution is 2.40. The van der Waals surface area contributed by atoms with Crippen LogP contribution in [0.3, 0.4) is 0 Å². The molecule has 1 aliphatic heterocycles. The second kappa shape index (κ2) is 4.70. The highest BCUT2D eigenvalue weighted by Gasteiger charge is 2.45. The highest BCUT2D eigenvalue weighted by molar-refractivity contribution is 5.87. The standard InChI is InChI=1S/C18H22N2O2/c1-17(2)10-13(21)11-18(3,4)20(17)15-9-8-12-6-5-7-14(22)16(12)19-15/h5-9,22H,10-11H2,1-4H3. The molecule has 0 saturated carbocycles. The molecule has 22 heavy (non-hydrogen) atoms. The summed E-state index contributed by atoms with van der Waals surface area (Å²) >= 11 is 0. The third-order valence-electron chi connectivity index (χ3n) is 4.38. The molecule has 2 aromatic rings. The molecule has 0 radical (unpaired) electrons. The van der Waals surface area contributed by atoms with E-state index in [9.17, 15) is 9.90 Å². The Labute approximate surface area is 130 Å². The van der Waals surface area contributed by atoms with Crippen LogP contribution in [0.2, 0.25) is 0 Å². The maximum atomic E-state index is 12.1. The SMILES string of the molecule is CC1(C)CC(=O)CC(C)(C)N1c1ccc2cccc(O)c2n1. The van der Waals surface area contributed by atoms with Gasteiger partial charge < -0.3 is 10.0 Å². The van der Waals surface area contributed by atoms with Crippen LogP contribution in [-0.2, 0) is 4.79 Å². The second-order valence-corrected chi connectivity index (χ2v) is 7.37. The number of aromatic nitrogens is 1. The molecule has 0 unspecified atom stereocenters. The number of pyridine rings is 1. The molecule has 0 spiro atoms. The number of phenolic OH excluding ortho intramolecular Hbond substituents is 1. The molecule has 4 nitrogen and oxygen atoms in total. The first kappa shape index (κ1) is 14.8.